The van der Waals surface area contributed by atoms with Gasteiger partial charge in [-0.2, -0.15) is 0 Å². The number of nitrogens with zero attached hydrogens (tertiary/aromatic N) is 2. The van der Waals surface area contributed by atoms with Gasteiger partial charge in [0.05, 0.1) is 6.61 Å². The molecular weight excluding hydrogens is 292 g/mol. The molecule has 5 nitrogen and oxygen atoms in total. The van der Waals surface area contributed by atoms with Crippen LogP contribution in [0.1, 0.15) is 25.7 Å². The monoisotopic (exact) mass is 318 g/mol. The molecule has 23 heavy (non-hydrogen) atoms. The molecule has 0 aromatic carbocycles. The first-order chi connectivity index (χ1) is 11.4. The molecule has 3 aliphatic rings. The van der Waals surface area contributed by atoms with Gasteiger partial charge in [-0.15, -0.1) is 0 Å². The van der Waals surface area contributed by atoms with E-state index < -0.39 is 0 Å². The predicted molar refractivity (Wildman–Crippen MR) is 86.5 cm³/mol. The Morgan fingerprint density at radius 2 is 2.04 bits per heavy atom. The van der Waals surface area contributed by atoms with Crippen molar-refractivity contribution < 1.29 is 14.2 Å². The maximum absolute atomic E-state index is 6.10. The fraction of sp³-hybridized carbons (Fsp3) is 0.722. The summed E-state index contributed by atoms with van der Waals surface area (Å²) in [6.07, 6.45) is 6.70. The largest absolute Gasteiger partial charge is 0.472 e. The van der Waals surface area contributed by atoms with Crippen molar-refractivity contribution >= 4 is 0 Å². The minimum atomic E-state index is 0.132. The normalized spacial score (nSPS) is 32.6. The zero-order valence-electron chi connectivity index (χ0n) is 13.6. The van der Waals surface area contributed by atoms with Gasteiger partial charge >= 0.3 is 0 Å². The molecule has 2 aliphatic heterocycles. The molecule has 0 spiro atoms. The molecular formula is C18H26N2O3. The Hall–Kier alpha value is -1.17. The summed E-state index contributed by atoms with van der Waals surface area (Å²) >= 11 is 0. The van der Waals surface area contributed by atoms with Crippen LogP contribution in [-0.4, -0.2) is 61.0 Å². The molecule has 4 rings (SSSR count). The Bertz CT molecular complexity index is 492. The van der Waals surface area contributed by atoms with Gasteiger partial charge in [0.25, 0.3) is 0 Å². The highest BCUT2D eigenvalue weighted by Gasteiger charge is 2.44. The van der Waals surface area contributed by atoms with E-state index in [1.807, 2.05) is 18.2 Å². The number of ether oxygens (including phenoxy) is 3. The SMILES string of the molecule is c1ccc(O[C@@H]2CC[C@@H]3[C@H]2OCCN3CC2CCOCC2)nc1. The standard InChI is InChI=1S/C18H26N2O3/c1-2-8-19-17(3-1)23-16-5-4-15-18(16)22-12-9-20(15)13-14-6-10-21-11-7-14/h1-3,8,14-16,18H,4-7,9-13H2/t15-,16-,18-/m1/s1. The molecule has 3 fully saturated rings. The van der Waals surface area contributed by atoms with E-state index in [1.54, 1.807) is 6.20 Å². The van der Waals surface area contributed by atoms with Crippen molar-refractivity contribution in [3.63, 3.8) is 0 Å². The second kappa shape index (κ2) is 7.16. The highest BCUT2D eigenvalue weighted by molar-refractivity contribution is 5.11. The number of hydrogen-bond acceptors (Lipinski definition) is 5. The van der Waals surface area contributed by atoms with E-state index in [-0.39, 0.29) is 12.2 Å². The summed E-state index contributed by atoms with van der Waals surface area (Å²) in [5.74, 6) is 1.49. The summed E-state index contributed by atoms with van der Waals surface area (Å²) in [5.41, 5.74) is 0. The van der Waals surface area contributed by atoms with Gasteiger partial charge in [0, 0.05) is 44.6 Å². The third-order valence-corrected chi connectivity index (χ3v) is 5.39. The van der Waals surface area contributed by atoms with Crippen LogP contribution in [0.4, 0.5) is 0 Å². The molecule has 1 aromatic rings. The molecule has 2 saturated heterocycles. The molecule has 3 atom stereocenters. The van der Waals surface area contributed by atoms with Gasteiger partial charge in [0.2, 0.25) is 5.88 Å². The predicted octanol–water partition coefficient (Wildman–Crippen LogP) is 2.12. The summed E-state index contributed by atoms with van der Waals surface area (Å²) in [4.78, 5) is 6.93. The second-order valence-corrected chi connectivity index (χ2v) is 6.86. The molecule has 126 valence electrons. The van der Waals surface area contributed by atoms with Crippen molar-refractivity contribution in [1.29, 1.82) is 0 Å². The van der Waals surface area contributed by atoms with Crippen molar-refractivity contribution in [2.75, 3.05) is 32.9 Å². The Labute approximate surface area is 137 Å². The van der Waals surface area contributed by atoms with Crippen molar-refractivity contribution in [2.45, 2.75) is 43.9 Å². The molecule has 0 unspecified atom stereocenters. The van der Waals surface area contributed by atoms with Crippen molar-refractivity contribution in [3.8, 4) is 5.88 Å². The van der Waals surface area contributed by atoms with Crippen LogP contribution in [0.3, 0.4) is 0 Å². The smallest absolute Gasteiger partial charge is 0.213 e. The first-order valence-electron chi connectivity index (χ1n) is 8.91. The molecule has 1 aliphatic carbocycles. The van der Waals surface area contributed by atoms with Crippen LogP contribution in [-0.2, 0) is 9.47 Å². The van der Waals surface area contributed by atoms with Crippen LogP contribution in [0.15, 0.2) is 24.4 Å². The van der Waals surface area contributed by atoms with E-state index in [1.165, 1.54) is 19.4 Å². The Morgan fingerprint density at radius 1 is 1.13 bits per heavy atom. The first-order valence-corrected chi connectivity index (χ1v) is 8.91. The van der Waals surface area contributed by atoms with Gasteiger partial charge in [-0.3, -0.25) is 4.90 Å². The van der Waals surface area contributed by atoms with Crippen LogP contribution >= 0.6 is 0 Å². The second-order valence-electron chi connectivity index (χ2n) is 6.86. The number of morpholine rings is 1. The number of aromatic nitrogens is 1. The van der Waals surface area contributed by atoms with Crippen molar-refractivity contribution in [3.05, 3.63) is 24.4 Å². The highest BCUT2D eigenvalue weighted by Crippen LogP contribution is 2.33. The van der Waals surface area contributed by atoms with Crippen molar-refractivity contribution in [2.24, 2.45) is 5.92 Å². The highest BCUT2D eigenvalue weighted by atomic mass is 16.5. The summed E-state index contributed by atoms with van der Waals surface area (Å²) in [5, 5.41) is 0. The van der Waals surface area contributed by atoms with Crippen molar-refractivity contribution in [1.82, 2.24) is 9.88 Å². The molecule has 3 heterocycles. The average molecular weight is 318 g/mol. The first kappa shape index (κ1) is 15.4. The number of rotatable bonds is 4. The summed E-state index contributed by atoms with van der Waals surface area (Å²) < 4.78 is 17.7. The van der Waals surface area contributed by atoms with E-state index >= 15 is 0 Å². The quantitative estimate of drug-likeness (QED) is 0.851. The molecule has 5 heteroatoms. The maximum atomic E-state index is 6.10. The Kier molecular flexibility index (Phi) is 4.78. The Morgan fingerprint density at radius 3 is 2.87 bits per heavy atom. The molecule has 0 N–H and O–H groups in total. The average Bonchev–Trinajstić information content (AvgIpc) is 3.01. The van der Waals surface area contributed by atoms with Gasteiger partial charge in [0.1, 0.15) is 12.2 Å². The van der Waals surface area contributed by atoms with Crippen LogP contribution in [0.25, 0.3) is 0 Å². The van der Waals surface area contributed by atoms with E-state index in [9.17, 15) is 0 Å². The Balaban J connectivity index is 1.38. The van der Waals surface area contributed by atoms with Crippen LogP contribution in [0, 0.1) is 5.92 Å². The van der Waals surface area contributed by atoms with E-state index in [0.29, 0.717) is 11.9 Å². The topological polar surface area (TPSA) is 43.8 Å². The summed E-state index contributed by atoms with van der Waals surface area (Å²) in [7, 11) is 0. The molecule has 1 aromatic heterocycles. The lowest BCUT2D eigenvalue weighted by atomic mass is 9.98. The third-order valence-electron chi connectivity index (χ3n) is 5.39. The third kappa shape index (κ3) is 3.52. The van der Waals surface area contributed by atoms with Crippen LogP contribution in [0.2, 0.25) is 0 Å². The number of pyridine rings is 1. The fourth-order valence-electron chi connectivity index (χ4n) is 4.18. The minimum Gasteiger partial charge on any atom is -0.472 e. The van der Waals surface area contributed by atoms with Crippen LogP contribution in [0.5, 0.6) is 5.88 Å². The van der Waals surface area contributed by atoms with Gasteiger partial charge in [-0.1, -0.05) is 6.07 Å². The minimum absolute atomic E-state index is 0.132. The van der Waals surface area contributed by atoms with E-state index in [2.05, 4.69) is 9.88 Å². The lowest BCUT2D eigenvalue weighted by Gasteiger charge is -2.41. The van der Waals surface area contributed by atoms with E-state index in [4.69, 9.17) is 14.2 Å². The molecule has 1 saturated carbocycles. The van der Waals surface area contributed by atoms with Gasteiger partial charge < -0.3 is 14.2 Å². The van der Waals surface area contributed by atoms with Crippen LogP contribution < -0.4 is 4.74 Å². The van der Waals surface area contributed by atoms with Gasteiger partial charge in [0.15, 0.2) is 0 Å². The summed E-state index contributed by atoms with van der Waals surface area (Å²) in [6, 6.07) is 6.31. The maximum Gasteiger partial charge on any atom is 0.213 e. The number of hydrogen-bond donors (Lipinski definition) is 0. The van der Waals surface area contributed by atoms with Gasteiger partial charge in [-0.05, 0) is 37.7 Å². The lowest BCUT2D eigenvalue weighted by Crippen LogP contribution is -2.53. The summed E-state index contributed by atoms with van der Waals surface area (Å²) in [6.45, 7) is 4.90. The molecule has 0 radical (unpaired) electrons. The van der Waals surface area contributed by atoms with Gasteiger partial charge in [-0.25, -0.2) is 4.98 Å². The zero-order valence-corrected chi connectivity index (χ0v) is 13.6. The molecule has 0 bridgehead atoms. The number of fused-ring (bicyclic) bond motifs is 1. The van der Waals surface area contributed by atoms with E-state index in [0.717, 1.165) is 45.1 Å². The zero-order chi connectivity index (χ0) is 15.5. The lowest BCUT2D eigenvalue weighted by molar-refractivity contribution is -0.0959. The fourth-order valence-corrected chi connectivity index (χ4v) is 4.18. The molecule has 0 amide bonds.